The molecular formula is C11H8FNO. The quantitative estimate of drug-likeness (QED) is 0.747. The lowest BCUT2D eigenvalue weighted by molar-refractivity contribution is 0.477. The van der Waals surface area contributed by atoms with Gasteiger partial charge in [0.25, 0.3) is 0 Å². The minimum absolute atomic E-state index is 0.145. The Balaban J connectivity index is 2.50. The fourth-order valence-corrected chi connectivity index (χ4v) is 1.23. The summed E-state index contributed by atoms with van der Waals surface area (Å²) in [6, 6.07) is 9.66. The molecule has 0 saturated carbocycles. The molecular weight excluding hydrogens is 181 g/mol. The number of halogens is 1. The monoisotopic (exact) mass is 189 g/mol. The van der Waals surface area contributed by atoms with E-state index in [1.165, 1.54) is 12.1 Å². The summed E-state index contributed by atoms with van der Waals surface area (Å²) in [6.07, 6.45) is 1.13. The Kier molecular flexibility index (Phi) is 2.14. The predicted molar refractivity (Wildman–Crippen MR) is 51.3 cm³/mol. The van der Waals surface area contributed by atoms with E-state index < -0.39 is 0 Å². The lowest BCUT2D eigenvalue weighted by Crippen LogP contribution is -1.84. The van der Waals surface area contributed by atoms with Gasteiger partial charge in [0, 0.05) is 5.56 Å². The zero-order valence-corrected chi connectivity index (χ0v) is 7.31. The summed E-state index contributed by atoms with van der Waals surface area (Å²) in [5.41, 5.74) is 1.16. The van der Waals surface area contributed by atoms with Gasteiger partial charge in [0.2, 0.25) is 0 Å². The minimum atomic E-state index is -0.385. The molecule has 0 amide bonds. The molecule has 0 fully saturated rings. The maximum atomic E-state index is 12.6. The first kappa shape index (κ1) is 8.69. The number of phenols is 1. The summed E-state index contributed by atoms with van der Waals surface area (Å²) in [5, 5.41) is 9.50. The van der Waals surface area contributed by atoms with Crippen LogP contribution >= 0.6 is 0 Å². The third-order valence-corrected chi connectivity index (χ3v) is 1.91. The lowest BCUT2D eigenvalue weighted by Gasteiger charge is -2.02. The van der Waals surface area contributed by atoms with Crippen LogP contribution in [0, 0.1) is 5.82 Å². The molecule has 0 atom stereocenters. The summed E-state index contributed by atoms with van der Waals surface area (Å²) in [7, 11) is 0. The van der Waals surface area contributed by atoms with Gasteiger partial charge in [-0.05, 0) is 24.3 Å². The van der Waals surface area contributed by atoms with Crippen molar-refractivity contribution in [2.24, 2.45) is 0 Å². The van der Waals surface area contributed by atoms with Crippen molar-refractivity contribution >= 4 is 0 Å². The Hall–Kier alpha value is -1.90. The van der Waals surface area contributed by atoms with Crippen LogP contribution in [0.5, 0.6) is 5.75 Å². The van der Waals surface area contributed by atoms with Crippen LogP contribution in [0.2, 0.25) is 0 Å². The Bertz CT molecular complexity index is 439. The number of pyridine rings is 1. The van der Waals surface area contributed by atoms with Crippen LogP contribution in [0.15, 0.2) is 42.6 Å². The number of phenolic OH excluding ortho intramolecular Hbond substituents is 1. The number of aromatic hydroxyl groups is 1. The number of para-hydroxylation sites is 1. The molecule has 2 aromatic rings. The van der Waals surface area contributed by atoms with Crippen molar-refractivity contribution in [1.82, 2.24) is 4.98 Å². The van der Waals surface area contributed by atoms with Gasteiger partial charge in [0.15, 0.2) is 0 Å². The molecule has 0 bridgehead atoms. The number of hydrogen-bond acceptors (Lipinski definition) is 2. The van der Waals surface area contributed by atoms with E-state index in [0.717, 1.165) is 6.20 Å². The van der Waals surface area contributed by atoms with Crippen molar-refractivity contribution in [1.29, 1.82) is 0 Å². The third kappa shape index (κ3) is 1.57. The molecule has 1 aromatic carbocycles. The van der Waals surface area contributed by atoms with Gasteiger partial charge in [-0.25, -0.2) is 4.39 Å². The van der Waals surface area contributed by atoms with Crippen molar-refractivity contribution in [3.63, 3.8) is 0 Å². The second-order valence-corrected chi connectivity index (χ2v) is 2.88. The van der Waals surface area contributed by atoms with E-state index >= 15 is 0 Å². The van der Waals surface area contributed by atoms with Crippen LogP contribution < -0.4 is 0 Å². The molecule has 0 radical (unpaired) electrons. The molecule has 2 nitrogen and oxygen atoms in total. The summed E-state index contributed by atoms with van der Waals surface area (Å²) in [4.78, 5) is 3.87. The van der Waals surface area contributed by atoms with E-state index in [9.17, 15) is 9.50 Å². The van der Waals surface area contributed by atoms with Crippen LogP contribution in [0.1, 0.15) is 0 Å². The molecule has 70 valence electrons. The smallest absolute Gasteiger partial charge is 0.141 e. The van der Waals surface area contributed by atoms with E-state index in [-0.39, 0.29) is 11.6 Å². The van der Waals surface area contributed by atoms with E-state index in [2.05, 4.69) is 4.98 Å². The van der Waals surface area contributed by atoms with Crippen LogP contribution in [0.4, 0.5) is 4.39 Å². The second-order valence-electron chi connectivity index (χ2n) is 2.88. The van der Waals surface area contributed by atoms with Crippen LogP contribution in [-0.2, 0) is 0 Å². The van der Waals surface area contributed by atoms with E-state index in [0.29, 0.717) is 11.3 Å². The normalized spacial score (nSPS) is 10.1. The van der Waals surface area contributed by atoms with Crippen molar-refractivity contribution in [2.45, 2.75) is 0 Å². The molecule has 0 aliphatic carbocycles. The minimum Gasteiger partial charge on any atom is -0.507 e. The van der Waals surface area contributed by atoms with Gasteiger partial charge in [0.1, 0.15) is 11.6 Å². The summed E-state index contributed by atoms with van der Waals surface area (Å²) < 4.78 is 12.6. The Morgan fingerprint density at radius 2 is 1.86 bits per heavy atom. The van der Waals surface area contributed by atoms with Crippen LogP contribution in [0.25, 0.3) is 11.3 Å². The molecule has 1 heterocycles. The largest absolute Gasteiger partial charge is 0.507 e. The number of hydrogen-bond donors (Lipinski definition) is 1. The maximum Gasteiger partial charge on any atom is 0.141 e. The molecule has 1 aromatic heterocycles. The number of rotatable bonds is 1. The molecule has 0 unspecified atom stereocenters. The molecule has 3 heteroatoms. The first-order chi connectivity index (χ1) is 6.77. The third-order valence-electron chi connectivity index (χ3n) is 1.91. The maximum absolute atomic E-state index is 12.6. The molecule has 2 rings (SSSR count). The Labute approximate surface area is 80.7 Å². The molecule has 0 aliphatic heterocycles. The lowest BCUT2D eigenvalue weighted by atomic mass is 10.1. The predicted octanol–water partition coefficient (Wildman–Crippen LogP) is 2.59. The first-order valence-corrected chi connectivity index (χ1v) is 4.17. The molecule has 14 heavy (non-hydrogen) atoms. The zero-order chi connectivity index (χ0) is 9.97. The standard InChI is InChI=1S/C11H8FNO/c12-8-5-6-10(13-7-8)9-3-1-2-4-11(9)14/h1-7,14H. The summed E-state index contributed by atoms with van der Waals surface area (Å²) in [6.45, 7) is 0. The molecule has 0 spiro atoms. The van der Waals surface area contributed by atoms with Gasteiger partial charge < -0.3 is 5.11 Å². The first-order valence-electron chi connectivity index (χ1n) is 4.17. The van der Waals surface area contributed by atoms with Crippen LogP contribution in [-0.4, -0.2) is 10.1 Å². The number of aromatic nitrogens is 1. The van der Waals surface area contributed by atoms with E-state index in [4.69, 9.17) is 0 Å². The van der Waals surface area contributed by atoms with Crippen molar-refractivity contribution in [3.8, 4) is 17.0 Å². The summed E-state index contributed by atoms with van der Waals surface area (Å²) >= 11 is 0. The number of nitrogens with zero attached hydrogens (tertiary/aromatic N) is 1. The van der Waals surface area contributed by atoms with E-state index in [1.54, 1.807) is 24.3 Å². The SMILES string of the molecule is Oc1ccccc1-c1ccc(F)cn1. The fourth-order valence-electron chi connectivity index (χ4n) is 1.23. The van der Waals surface area contributed by atoms with Crippen LogP contribution in [0.3, 0.4) is 0 Å². The van der Waals surface area contributed by atoms with Crippen molar-refractivity contribution in [3.05, 3.63) is 48.4 Å². The Morgan fingerprint density at radius 3 is 2.50 bits per heavy atom. The van der Waals surface area contributed by atoms with Gasteiger partial charge in [-0.1, -0.05) is 12.1 Å². The molecule has 1 N–H and O–H groups in total. The van der Waals surface area contributed by atoms with E-state index in [1.807, 2.05) is 0 Å². The van der Waals surface area contributed by atoms with Gasteiger partial charge >= 0.3 is 0 Å². The fraction of sp³-hybridized carbons (Fsp3) is 0. The highest BCUT2D eigenvalue weighted by Crippen LogP contribution is 2.26. The highest BCUT2D eigenvalue weighted by molar-refractivity contribution is 5.66. The molecule has 0 saturated heterocycles. The average molecular weight is 189 g/mol. The topological polar surface area (TPSA) is 33.1 Å². The van der Waals surface area contributed by atoms with Gasteiger partial charge in [-0.15, -0.1) is 0 Å². The van der Waals surface area contributed by atoms with Crippen molar-refractivity contribution < 1.29 is 9.50 Å². The van der Waals surface area contributed by atoms with Gasteiger partial charge in [-0.2, -0.15) is 0 Å². The molecule has 0 aliphatic rings. The van der Waals surface area contributed by atoms with Crippen molar-refractivity contribution in [2.75, 3.05) is 0 Å². The average Bonchev–Trinajstić information content (AvgIpc) is 2.20. The highest BCUT2D eigenvalue weighted by Gasteiger charge is 2.03. The summed E-state index contributed by atoms with van der Waals surface area (Å²) in [5.74, 6) is -0.240. The Morgan fingerprint density at radius 1 is 1.07 bits per heavy atom. The second kappa shape index (κ2) is 3.46. The number of benzene rings is 1. The van der Waals surface area contributed by atoms with Gasteiger partial charge in [-0.3, -0.25) is 4.98 Å². The van der Waals surface area contributed by atoms with Gasteiger partial charge in [0.05, 0.1) is 11.9 Å². The highest BCUT2D eigenvalue weighted by atomic mass is 19.1. The zero-order valence-electron chi connectivity index (χ0n) is 7.31.